The molecule has 2 fully saturated rings. The number of fused-ring (bicyclic) bond motifs is 1. The van der Waals surface area contributed by atoms with Crippen LogP contribution in [0.1, 0.15) is 63.7 Å². The zero-order chi connectivity index (χ0) is 27.4. The van der Waals surface area contributed by atoms with Crippen LogP contribution in [0, 0.1) is 11.8 Å². The van der Waals surface area contributed by atoms with Crippen LogP contribution in [0.4, 0.5) is 5.69 Å². The van der Waals surface area contributed by atoms with E-state index in [1.807, 2.05) is 58.8 Å². The van der Waals surface area contributed by atoms with Gasteiger partial charge in [-0.2, -0.15) is 0 Å². The number of hydrogen-bond donors (Lipinski definition) is 2. The first kappa shape index (κ1) is 28.6. The van der Waals surface area contributed by atoms with Crippen LogP contribution in [0.25, 0.3) is 0 Å². The van der Waals surface area contributed by atoms with Gasteiger partial charge >= 0.3 is 0 Å². The molecule has 1 aromatic carbocycles. The fraction of sp³-hybridized carbons (Fsp3) is 0.643. The minimum atomic E-state index is -1.15. The molecule has 0 radical (unpaired) electrons. The predicted molar refractivity (Wildman–Crippen MR) is 142 cm³/mol. The summed E-state index contributed by atoms with van der Waals surface area (Å²) in [6.07, 6.45) is 0.810. The molecule has 2 aliphatic heterocycles. The number of nitrogens with one attached hydrogen (secondary N) is 1. The molecule has 0 aliphatic carbocycles. The molecule has 1 aromatic rings. The normalized spacial score (nSPS) is 20.8. The number of amides is 3. The van der Waals surface area contributed by atoms with Crippen LogP contribution in [0.3, 0.4) is 0 Å². The molecular formula is C28H42N4O5. The number of aliphatic hydroxyl groups excluding tert-OH is 1. The molecule has 4 unspecified atom stereocenters. The number of anilines is 1. The van der Waals surface area contributed by atoms with Gasteiger partial charge in [-0.25, -0.2) is 0 Å². The molecule has 3 amide bonds. The van der Waals surface area contributed by atoms with Crippen LogP contribution in [-0.4, -0.2) is 89.8 Å². The van der Waals surface area contributed by atoms with Gasteiger partial charge in [0.15, 0.2) is 5.78 Å². The number of carbonyl (C=O) groups is 4. The molecule has 204 valence electrons. The van der Waals surface area contributed by atoms with Crippen molar-refractivity contribution in [2.75, 3.05) is 32.1 Å². The highest BCUT2D eigenvalue weighted by Crippen LogP contribution is 2.31. The van der Waals surface area contributed by atoms with E-state index < -0.39 is 30.1 Å². The van der Waals surface area contributed by atoms with Crippen molar-refractivity contribution in [3.8, 4) is 0 Å². The SMILES string of the molecule is CC(C)CCC(O)C(=O)N1CC(=O)C2C1CCN2C(=O)C(CC(C)C)NC(=O)c1ccc(N(C)C)cc1. The molecule has 2 heterocycles. The van der Waals surface area contributed by atoms with Crippen LogP contribution in [-0.2, 0) is 14.4 Å². The third-order valence-electron chi connectivity index (χ3n) is 7.25. The lowest BCUT2D eigenvalue weighted by atomic mass is 10.0. The second-order valence-corrected chi connectivity index (χ2v) is 11.3. The molecule has 0 saturated carbocycles. The summed E-state index contributed by atoms with van der Waals surface area (Å²) in [5.74, 6) is -0.797. The van der Waals surface area contributed by atoms with Gasteiger partial charge in [-0.1, -0.05) is 27.7 Å². The number of hydrogen-bond acceptors (Lipinski definition) is 6. The Hall–Kier alpha value is -2.94. The van der Waals surface area contributed by atoms with E-state index >= 15 is 0 Å². The number of nitrogens with zero attached hydrogens (tertiary/aromatic N) is 3. The average Bonchev–Trinajstić information content (AvgIpc) is 3.42. The van der Waals surface area contributed by atoms with Gasteiger partial charge in [0, 0.05) is 31.9 Å². The first-order valence-corrected chi connectivity index (χ1v) is 13.3. The molecule has 9 heteroatoms. The summed E-state index contributed by atoms with van der Waals surface area (Å²) in [4.78, 5) is 57.5. The summed E-state index contributed by atoms with van der Waals surface area (Å²) in [6.45, 7) is 8.23. The van der Waals surface area contributed by atoms with Crippen molar-refractivity contribution in [1.29, 1.82) is 0 Å². The first-order valence-electron chi connectivity index (χ1n) is 13.3. The van der Waals surface area contributed by atoms with E-state index in [0.29, 0.717) is 43.7 Å². The quantitative estimate of drug-likeness (QED) is 0.495. The van der Waals surface area contributed by atoms with Crippen molar-refractivity contribution < 1.29 is 24.3 Å². The number of ketones is 1. The number of Topliss-reactive ketones (excluding diaryl/α,β-unsaturated/α-hetero) is 1. The maximum atomic E-state index is 13.7. The van der Waals surface area contributed by atoms with Gasteiger partial charge in [0.1, 0.15) is 18.2 Å². The fourth-order valence-electron chi connectivity index (χ4n) is 5.21. The predicted octanol–water partition coefficient (Wildman–Crippen LogP) is 2.08. The Kier molecular flexibility index (Phi) is 9.34. The Balaban J connectivity index is 1.72. The minimum absolute atomic E-state index is 0.101. The number of aliphatic hydroxyl groups is 1. The maximum absolute atomic E-state index is 13.7. The lowest BCUT2D eigenvalue weighted by molar-refractivity contribution is -0.142. The van der Waals surface area contributed by atoms with E-state index in [4.69, 9.17) is 0 Å². The summed E-state index contributed by atoms with van der Waals surface area (Å²) in [7, 11) is 3.84. The molecular weight excluding hydrogens is 472 g/mol. The Bertz CT molecular complexity index is 991. The molecule has 2 N–H and O–H groups in total. The molecule has 4 atom stereocenters. The zero-order valence-corrected chi connectivity index (χ0v) is 22.9. The molecule has 0 bridgehead atoms. The Labute approximate surface area is 220 Å². The smallest absolute Gasteiger partial charge is 0.252 e. The van der Waals surface area contributed by atoms with Gasteiger partial charge in [-0.05, 0) is 61.8 Å². The van der Waals surface area contributed by atoms with Crippen LogP contribution >= 0.6 is 0 Å². The number of rotatable bonds is 10. The van der Waals surface area contributed by atoms with Crippen LogP contribution in [0.2, 0.25) is 0 Å². The molecule has 2 saturated heterocycles. The summed E-state index contributed by atoms with van der Waals surface area (Å²) < 4.78 is 0. The second-order valence-electron chi connectivity index (χ2n) is 11.3. The second kappa shape index (κ2) is 12.1. The monoisotopic (exact) mass is 514 g/mol. The van der Waals surface area contributed by atoms with E-state index in [9.17, 15) is 24.3 Å². The van der Waals surface area contributed by atoms with Crippen LogP contribution < -0.4 is 10.2 Å². The van der Waals surface area contributed by atoms with Crippen molar-refractivity contribution in [2.24, 2.45) is 11.8 Å². The van der Waals surface area contributed by atoms with E-state index in [0.717, 1.165) is 5.69 Å². The molecule has 9 nitrogen and oxygen atoms in total. The van der Waals surface area contributed by atoms with Gasteiger partial charge < -0.3 is 25.1 Å². The van der Waals surface area contributed by atoms with Crippen LogP contribution in [0.5, 0.6) is 0 Å². The third kappa shape index (κ3) is 6.69. The van der Waals surface area contributed by atoms with Crippen molar-refractivity contribution in [2.45, 2.75) is 77.6 Å². The van der Waals surface area contributed by atoms with Gasteiger partial charge in [0.2, 0.25) is 5.91 Å². The Morgan fingerprint density at radius 2 is 1.65 bits per heavy atom. The Morgan fingerprint density at radius 1 is 1.00 bits per heavy atom. The van der Waals surface area contributed by atoms with E-state index in [1.165, 1.54) is 9.80 Å². The average molecular weight is 515 g/mol. The van der Waals surface area contributed by atoms with Crippen molar-refractivity contribution in [1.82, 2.24) is 15.1 Å². The highest BCUT2D eigenvalue weighted by atomic mass is 16.3. The first-order chi connectivity index (χ1) is 17.4. The number of likely N-dealkylation sites (tertiary alicyclic amines) is 2. The highest BCUT2D eigenvalue weighted by Gasteiger charge is 2.52. The van der Waals surface area contributed by atoms with Crippen LogP contribution in [0.15, 0.2) is 24.3 Å². The molecule has 3 rings (SSSR count). The standard InChI is InChI=1S/C28H42N4O5/c1-17(2)7-12-23(33)28(37)32-16-24(34)25-22(32)13-14-31(25)27(36)21(15-18(3)4)29-26(35)19-8-10-20(11-9-19)30(5)6/h8-11,17-18,21-23,25,33H,7,12-16H2,1-6H3,(H,29,35). The van der Waals surface area contributed by atoms with Gasteiger partial charge in [0.25, 0.3) is 11.8 Å². The lowest BCUT2D eigenvalue weighted by Crippen LogP contribution is -2.53. The largest absolute Gasteiger partial charge is 0.383 e. The summed E-state index contributed by atoms with van der Waals surface area (Å²) in [5.41, 5.74) is 1.41. The minimum Gasteiger partial charge on any atom is -0.383 e. The number of carbonyl (C=O) groups excluding carboxylic acids is 4. The molecule has 37 heavy (non-hydrogen) atoms. The summed E-state index contributed by atoms with van der Waals surface area (Å²) in [6, 6.07) is 5.18. The molecule has 2 aliphatic rings. The molecule has 0 aromatic heterocycles. The molecule has 0 spiro atoms. The summed E-state index contributed by atoms with van der Waals surface area (Å²) in [5, 5.41) is 13.3. The lowest BCUT2D eigenvalue weighted by Gasteiger charge is -2.29. The summed E-state index contributed by atoms with van der Waals surface area (Å²) >= 11 is 0. The van der Waals surface area contributed by atoms with E-state index in [1.54, 1.807) is 12.1 Å². The van der Waals surface area contributed by atoms with Gasteiger partial charge in [-0.3, -0.25) is 19.2 Å². The zero-order valence-electron chi connectivity index (χ0n) is 22.9. The van der Waals surface area contributed by atoms with E-state index in [-0.39, 0.29) is 30.1 Å². The van der Waals surface area contributed by atoms with Gasteiger partial charge in [-0.15, -0.1) is 0 Å². The van der Waals surface area contributed by atoms with Crippen molar-refractivity contribution in [3.63, 3.8) is 0 Å². The fourth-order valence-corrected chi connectivity index (χ4v) is 5.21. The van der Waals surface area contributed by atoms with Gasteiger partial charge in [0.05, 0.1) is 12.6 Å². The van der Waals surface area contributed by atoms with Crippen molar-refractivity contribution >= 4 is 29.2 Å². The third-order valence-corrected chi connectivity index (χ3v) is 7.25. The van der Waals surface area contributed by atoms with Crippen molar-refractivity contribution in [3.05, 3.63) is 29.8 Å². The van der Waals surface area contributed by atoms with E-state index in [2.05, 4.69) is 5.32 Å². The number of benzene rings is 1. The highest BCUT2D eigenvalue weighted by molar-refractivity contribution is 6.01. The Morgan fingerprint density at radius 3 is 2.22 bits per heavy atom. The maximum Gasteiger partial charge on any atom is 0.252 e. The topological polar surface area (TPSA) is 110 Å².